The molecule has 0 saturated carbocycles. The molecule has 1 aromatic heterocycles. The first kappa shape index (κ1) is 16.7. The minimum absolute atomic E-state index is 0.0366. The van der Waals surface area contributed by atoms with E-state index in [0.717, 1.165) is 16.4 Å². The van der Waals surface area contributed by atoms with Crippen LogP contribution in [0.25, 0.3) is 0 Å². The van der Waals surface area contributed by atoms with Crippen LogP contribution in [-0.4, -0.2) is 42.1 Å². The third-order valence-corrected chi connectivity index (χ3v) is 5.57. The van der Waals surface area contributed by atoms with Crippen molar-refractivity contribution in [2.75, 3.05) is 13.1 Å². The standard InChI is InChI=1S/C15H15F2N3O3S/c16-11-5-6-13(17)14(9-11)24(21,22)20-8-2-3-12(10-20)23-15-4-1-7-18-19-15/h1,4-7,9,12H,2-3,8,10H2. The maximum Gasteiger partial charge on any atom is 0.246 e. The monoisotopic (exact) mass is 355 g/mol. The molecule has 24 heavy (non-hydrogen) atoms. The molecule has 0 spiro atoms. The highest BCUT2D eigenvalue weighted by atomic mass is 32.2. The zero-order chi connectivity index (χ0) is 17.2. The topological polar surface area (TPSA) is 72.4 Å². The number of sulfonamides is 1. The third-order valence-electron chi connectivity index (χ3n) is 3.69. The Morgan fingerprint density at radius 1 is 1.25 bits per heavy atom. The molecule has 128 valence electrons. The van der Waals surface area contributed by atoms with Gasteiger partial charge in [-0.1, -0.05) is 0 Å². The second-order valence-corrected chi connectivity index (χ2v) is 7.29. The normalized spacial score (nSPS) is 19.2. The number of piperidine rings is 1. The molecule has 0 N–H and O–H groups in total. The van der Waals surface area contributed by atoms with Gasteiger partial charge in [0.25, 0.3) is 0 Å². The summed E-state index contributed by atoms with van der Waals surface area (Å²) >= 11 is 0. The van der Waals surface area contributed by atoms with E-state index in [-0.39, 0.29) is 13.1 Å². The lowest BCUT2D eigenvalue weighted by Crippen LogP contribution is -2.44. The molecule has 3 rings (SSSR count). The molecule has 0 radical (unpaired) electrons. The summed E-state index contributed by atoms with van der Waals surface area (Å²) < 4.78 is 59.1. The van der Waals surface area contributed by atoms with E-state index in [0.29, 0.717) is 24.8 Å². The second kappa shape index (κ2) is 6.78. The van der Waals surface area contributed by atoms with Crippen LogP contribution in [0.2, 0.25) is 0 Å². The lowest BCUT2D eigenvalue weighted by atomic mass is 10.1. The van der Waals surface area contributed by atoms with Gasteiger partial charge in [-0.25, -0.2) is 17.2 Å². The van der Waals surface area contributed by atoms with E-state index in [9.17, 15) is 17.2 Å². The van der Waals surface area contributed by atoms with Crippen LogP contribution in [0.3, 0.4) is 0 Å². The lowest BCUT2D eigenvalue weighted by Gasteiger charge is -2.31. The van der Waals surface area contributed by atoms with Gasteiger partial charge in [-0.05, 0) is 37.1 Å². The summed E-state index contributed by atoms with van der Waals surface area (Å²) in [5, 5.41) is 7.48. The molecule has 9 heteroatoms. The molecule has 0 amide bonds. The van der Waals surface area contributed by atoms with Crippen molar-refractivity contribution in [3.8, 4) is 5.88 Å². The number of halogens is 2. The van der Waals surface area contributed by atoms with Crippen molar-refractivity contribution in [1.29, 1.82) is 0 Å². The first-order valence-corrected chi connectivity index (χ1v) is 8.80. The van der Waals surface area contributed by atoms with Crippen LogP contribution in [-0.2, 0) is 10.0 Å². The van der Waals surface area contributed by atoms with Crippen molar-refractivity contribution in [2.45, 2.75) is 23.8 Å². The Labute approximate surface area is 138 Å². The molecular weight excluding hydrogens is 340 g/mol. The van der Waals surface area contributed by atoms with Gasteiger partial charge in [0.05, 0.1) is 6.54 Å². The van der Waals surface area contributed by atoms with E-state index < -0.39 is 32.7 Å². The summed E-state index contributed by atoms with van der Waals surface area (Å²) in [6.45, 7) is 0.257. The Kier molecular flexibility index (Phi) is 4.72. The highest BCUT2D eigenvalue weighted by Crippen LogP contribution is 2.25. The van der Waals surface area contributed by atoms with E-state index >= 15 is 0 Å². The number of benzene rings is 1. The van der Waals surface area contributed by atoms with Crippen LogP contribution in [0, 0.1) is 11.6 Å². The van der Waals surface area contributed by atoms with Gasteiger partial charge in [-0.2, -0.15) is 9.40 Å². The number of aromatic nitrogens is 2. The minimum atomic E-state index is -4.14. The summed E-state index contributed by atoms with van der Waals surface area (Å²) in [5.74, 6) is -1.49. The van der Waals surface area contributed by atoms with Gasteiger partial charge < -0.3 is 4.74 Å². The van der Waals surface area contributed by atoms with E-state index in [1.54, 1.807) is 12.1 Å². The number of rotatable bonds is 4. The molecule has 0 aliphatic carbocycles. The predicted molar refractivity (Wildman–Crippen MR) is 80.8 cm³/mol. The van der Waals surface area contributed by atoms with Gasteiger partial charge in [0.2, 0.25) is 15.9 Å². The first-order valence-electron chi connectivity index (χ1n) is 7.36. The van der Waals surface area contributed by atoms with Crippen molar-refractivity contribution < 1.29 is 21.9 Å². The Hall–Kier alpha value is -2.13. The molecule has 1 unspecified atom stereocenters. The van der Waals surface area contributed by atoms with E-state index in [4.69, 9.17) is 4.74 Å². The van der Waals surface area contributed by atoms with E-state index in [2.05, 4.69) is 10.2 Å². The van der Waals surface area contributed by atoms with Gasteiger partial charge in [-0.3, -0.25) is 0 Å². The Morgan fingerprint density at radius 3 is 2.83 bits per heavy atom. The average molecular weight is 355 g/mol. The molecule has 2 aromatic rings. The molecule has 6 nitrogen and oxygen atoms in total. The van der Waals surface area contributed by atoms with E-state index in [1.165, 1.54) is 6.20 Å². The number of hydrogen-bond donors (Lipinski definition) is 0. The number of nitrogens with zero attached hydrogens (tertiary/aromatic N) is 3. The summed E-state index contributed by atoms with van der Waals surface area (Å²) in [6.07, 6.45) is 2.24. The molecule has 1 aliphatic heterocycles. The Morgan fingerprint density at radius 2 is 2.08 bits per heavy atom. The van der Waals surface area contributed by atoms with Crippen molar-refractivity contribution >= 4 is 10.0 Å². The summed E-state index contributed by atoms with van der Waals surface area (Å²) in [5.41, 5.74) is 0. The fraction of sp³-hybridized carbons (Fsp3) is 0.333. The summed E-state index contributed by atoms with van der Waals surface area (Å²) in [7, 11) is -4.14. The number of ether oxygens (including phenoxy) is 1. The number of hydrogen-bond acceptors (Lipinski definition) is 5. The maximum absolute atomic E-state index is 13.8. The van der Waals surface area contributed by atoms with Crippen molar-refractivity contribution in [2.24, 2.45) is 0 Å². The van der Waals surface area contributed by atoms with Gasteiger partial charge in [0.1, 0.15) is 22.6 Å². The summed E-state index contributed by atoms with van der Waals surface area (Å²) in [4.78, 5) is -0.664. The van der Waals surface area contributed by atoms with Crippen molar-refractivity contribution in [3.63, 3.8) is 0 Å². The SMILES string of the molecule is O=S(=O)(c1cc(F)ccc1F)N1CCCC(Oc2cccnn2)C1. The van der Waals surface area contributed by atoms with Crippen LogP contribution >= 0.6 is 0 Å². The largest absolute Gasteiger partial charge is 0.472 e. The van der Waals surface area contributed by atoms with E-state index in [1.807, 2.05) is 0 Å². The van der Waals surface area contributed by atoms with Gasteiger partial charge in [0, 0.05) is 18.8 Å². The molecule has 1 fully saturated rings. The molecule has 1 atom stereocenters. The maximum atomic E-state index is 13.8. The Balaban J connectivity index is 1.79. The van der Waals surface area contributed by atoms with Crippen LogP contribution in [0.1, 0.15) is 12.8 Å². The molecule has 1 saturated heterocycles. The Bertz CT molecular complexity index is 818. The molecule has 2 heterocycles. The second-order valence-electron chi connectivity index (χ2n) is 5.38. The van der Waals surface area contributed by atoms with Crippen LogP contribution in [0.4, 0.5) is 8.78 Å². The fourth-order valence-corrected chi connectivity index (χ4v) is 4.14. The summed E-state index contributed by atoms with van der Waals surface area (Å²) in [6, 6.07) is 5.65. The average Bonchev–Trinajstić information content (AvgIpc) is 2.58. The van der Waals surface area contributed by atoms with Crippen molar-refractivity contribution in [3.05, 3.63) is 48.2 Å². The van der Waals surface area contributed by atoms with Crippen LogP contribution in [0.15, 0.2) is 41.4 Å². The van der Waals surface area contributed by atoms with Crippen LogP contribution < -0.4 is 4.74 Å². The van der Waals surface area contributed by atoms with Gasteiger partial charge in [0.15, 0.2) is 0 Å². The zero-order valence-electron chi connectivity index (χ0n) is 12.6. The molecule has 0 bridgehead atoms. The smallest absolute Gasteiger partial charge is 0.246 e. The third kappa shape index (κ3) is 3.51. The quantitative estimate of drug-likeness (QED) is 0.839. The van der Waals surface area contributed by atoms with Crippen LogP contribution in [0.5, 0.6) is 5.88 Å². The predicted octanol–water partition coefficient (Wildman–Crippen LogP) is 1.99. The molecule has 1 aromatic carbocycles. The minimum Gasteiger partial charge on any atom is -0.472 e. The lowest BCUT2D eigenvalue weighted by molar-refractivity contribution is 0.123. The molecular formula is C15H15F2N3O3S. The van der Waals surface area contributed by atoms with Gasteiger partial charge >= 0.3 is 0 Å². The zero-order valence-corrected chi connectivity index (χ0v) is 13.4. The van der Waals surface area contributed by atoms with Crippen molar-refractivity contribution in [1.82, 2.24) is 14.5 Å². The van der Waals surface area contributed by atoms with Gasteiger partial charge in [-0.15, -0.1) is 5.10 Å². The first-order chi connectivity index (χ1) is 11.5. The highest BCUT2D eigenvalue weighted by Gasteiger charge is 2.33. The fourth-order valence-electron chi connectivity index (χ4n) is 2.55. The molecule has 1 aliphatic rings. The highest BCUT2D eigenvalue weighted by molar-refractivity contribution is 7.89.